The lowest BCUT2D eigenvalue weighted by Gasteiger charge is -2.34. The van der Waals surface area contributed by atoms with Crippen molar-refractivity contribution < 1.29 is 4.74 Å². The molecule has 0 aromatic heterocycles. The Hall–Kier alpha value is -2.77. The van der Waals surface area contributed by atoms with E-state index in [1.807, 2.05) is 12.1 Å². The van der Waals surface area contributed by atoms with Crippen LogP contribution in [-0.2, 0) is 0 Å². The topological polar surface area (TPSA) is 9.23 Å². The molecule has 1 aliphatic rings. The van der Waals surface area contributed by atoms with Gasteiger partial charge in [-0.05, 0) is 54.5 Å². The van der Waals surface area contributed by atoms with Gasteiger partial charge in [0.2, 0.25) is 0 Å². The summed E-state index contributed by atoms with van der Waals surface area (Å²) in [5, 5.41) is 3.04. The third-order valence-electron chi connectivity index (χ3n) is 6.02. The molecule has 2 heteroatoms. The SMILES string of the molecule is Cc1ccc(C2CC(c3ccccc3)c3cc(C)c4ccc(Cl)cc4c3O2)cc1. The van der Waals surface area contributed by atoms with Crippen LogP contribution in [0.5, 0.6) is 5.75 Å². The number of fused-ring (bicyclic) bond motifs is 3. The maximum absolute atomic E-state index is 6.67. The number of benzene rings is 4. The molecule has 0 spiro atoms. The van der Waals surface area contributed by atoms with Gasteiger partial charge in [-0.2, -0.15) is 0 Å². The summed E-state index contributed by atoms with van der Waals surface area (Å²) < 4.78 is 6.67. The van der Waals surface area contributed by atoms with Gasteiger partial charge < -0.3 is 4.74 Å². The molecule has 0 saturated carbocycles. The zero-order chi connectivity index (χ0) is 20.0. The average Bonchev–Trinajstić information content (AvgIpc) is 2.74. The molecule has 1 aliphatic heterocycles. The number of hydrogen-bond acceptors (Lipinski definition) is 1. The van der Waals surface area contributed by atoms with E-state index < -0.39 is 0 Å². The lowest BCUT2D eigenvalue weighted by Crippen LogP contribution is -2.20. The minimum Gasteiger partial charge on any atom is -0.485 e. The highest BCUT2D eigenvalue weighted by Gasteiger charge is 2.32. The monoisotopic (exact) mass is 398 g/mol. The summed E-state index contributed by atoms with van der Waals surface area (Å²) in [5.74, 6) is 1.26. The largest absolute Gasteiger partial charge is 0.485 e. The van der Waals surface area contributed by atoms with Gasteiger partial charge in [0.15, 0.2) is 0 Å². The molecule has 0 N–H and O–H groups in total. The Morgan fingerprint density at radius 3 is 2.31 bits per heavy atom. The Bertz CT molecular complexity index is 1180. The molecule has 1 nitrogen and oxygen atoms in total. The maximum Gasteiger partial charge on any atom is 0.131 e. The van der Waals surface area contributed by atoms with E-state index in [0.29, 0.717) is 0 Å². The number of ether oxygens (including phenoxy) is 1. The lowest BCUT2D eigenvalue weighted by molar-refractivity contribution is 0.170. The Balaban J connectivity index is 1.73. The second-order valence-corrected chi connectivity index (χ2v) is 8.45. The van der Waals surface area contributed by atoms with Crippen molar-refractivity contribution in [1.29, 1.82) is 0 Å². The van der Waals surface area contributed by atoms with E-state index >= 15 is 0 Å². The van der Waals surface area contributed by atoms with Gasteiger partial charge in [-0.1, -0.05) is 83.9 Å². The van der Waals surface area contributed by atoms with Gasteiger partial charge in [-0.25, -0.2) is 0 Å². The summed E-state index contributed by atoms with van der Waals surface area (Å²) in [5.41, 5.74) is 6.32. The van der Waals surface area contributed by atoms with Gasteiger partial charge in [0.05, 0.1) is 0 Å². The zero-order valence-electron chi connectivity index (χ0n) is 16.7. The van der Waals surface area contributed by atoms with Crippen LogP contribution in [0.25, 0.3) is 10.8 Å². The molecule has 5 rings (SSSR count). The van der Waals surface area contributed by atoms with Crippen LogP contribution in [0, 0.1) is 13.8 Å². The molecule has 0 bridgehead atoms. The van der Waals surface area contributed by atoms with Crippen LogP contribution in [-0.4, -0.2) is 0 Å². The first-order chi connectivity index (χ1) is 14.1. The van der Waals surface area contributed by atoms with Crippen molar-refractivity contribution in [2.24, 2.45) is 0 Å². The minimum absolute atomic E-state index is 0.0122. The van der Waals surface area contributed by atoms with Crippen LogP contribution in [0.2, 0.25) is 5.02 Å². The summed E-state index contributed by atoms with van der Waals surface area (Å²) in [7, 11) is 0. The molecule has 4 aromatic carbocycles. The normalized spacial score (nSPS) is 18.3. The van der Waals surface area contributed by atoms with Gasteiger partial charge in [0.1, 0.15) is 11.9 Å². The predicted octanol–water partition coefficient (Wildman–Crippen LogP) is 7.77. The van der Waals surface area contributed by atoms with E-state index in [1.165, 1.54) is 33.2 Å². The van der Waals surface area contributed by atoms with Crippen molar-refractivity contribution in [3.05, 3.63) is 112 Å². The van der Waals surface area contributed by atoms with Crippen LogP contribution in [0.1, 0.15) is 46.3 Å². The van der Waals surface area contributed by atoms with Crippen LogP contribution >= 0.6 is 11.6 Å². The van der Waals surface area contributed by atoms with E-state index in [4.69, 9.17) is 16.3 Å². The number of rotatable bonds is 2. The van der Waals surface area contributed by atoms with Gasteiger partial charge in [-0.3, -0.25) is 0 Å². The highest BCUT2D eigenvalue weighted by atomic mass is 35.5. The van der Waals surface area contributed by atoms with Gasteiger partial charge in [-0.15, -0.1) is 0 Å². The molecule has 2 unspecified atom stereocenters. The third kappa shape index (κ3) is 3.30. The van der Waals surface area contributed by atoms with E-state index in [9.17, 15) is 0 Å². The van der Waals surface area contributed by atoms with Crippen LogP contribution < -0.4 is 4.74 Å². The quantitative estimate of drug-likeness (QED) is 0.335. The predicted molar refractivity (Wildman–Crippen MR) is 121 cm³/mol. The fourth-order valence-corrected chi connectivity index (χ4v) is 4.66. The third-order valence-corrected chi connectivity index (χ3v) is 6.26. The Morgan fingerprint density at radius 2 is 1.55 bits per heavy atom. The van der Waals surface area contributed by atoms with Crippen molar-refractivity contribution >= 4 is 22.4 Å². The smallest absolute Gasteiger partial charge is 0.131 e. The molecular formula is C27H23ClO. The molecular weight excluding hydrogens is 376 g/mol. The molecule has 29 heavy (non-hydrogen) atoms. The Kier molecular flexibility index (Phi) is 4.56. The molecule has 0 radical (unpaired) electrons. The number of hydrogen-bond donors (Lipinski definition) is 0. The summed E-state index contributed by atoms with van der Waals surface area (Å²) >= 11 is 6.38. The molecule has 1 heterocycles. The van der Waals surface area contributed by atoms with E-state index in [0.717, 1.165) is 22.6 Å². The summed E-state index contributed by atoms with van der Waals surface area (Å²) in [6.07, 6.45) is 0.934. The Morgan fingerprint density at radius 1 is 0.793 bits per heavy atom. The molecule has 0 amide bonds. The van der Waals surface area contributed by atoms with E-state index in [-0.39, 0.29) is 12.0 Å². The van der Waals surface area contributed by atoms with Crippen LogP contribution in [0.4, 0.5) is 0 Å². The standard InChI is InChI=1S/C27H23ClO/c1-17-8-10-20(11-9-17)26-16-23(19-6-4-3-5-7-19)24-14-18(2)22-13-12-21(28)15-25(22)27(24)29-26/h3-15,23,26H,16H2,1-2H3. The van der Waals surface area contributed by atoms with E-state index in [2.05, 4.69) is 80.6 Å². The first-order valence-electron chi connectivity index (χ1n) is 10.1. The highest BCUT2D eigenvalue weighted by molar-refractivity contribution is 6.31. The van der Waals surface area contributed by atoms with Crippen molar-refractivity contribution in [3.63, 3.8) is 0 Å². The molecule has 4 aromatic rings. The van der Waals surface area contributed by atoms with Gasteiger partial charge >= 0.3 is 0 Å². The second kappa shape index (κ2) is 7.24. The molecule has 2 atom stereocenters. The first-order valence-corrected chi connectivity index (χ1v) is 10.5. The molecule has 0 aliphatic carbocycles. The van der Waals surface area contributed by atoms with Crippen molar-refractivity contribution in [1.82, 2.24) is 0 Å². The summed E-state index contributed by atoms with van der Waals surface area (Å²) in [4.78, 5) is 0. The summed E-state index contributed by atoms with van der Waals surface area (Å²) in [6, 6.07) is 27.9. The van der Waals surface area contributed by atoms with Gasteiger partial charge in [0.25, 0.3) is 0 Å². The van der Waals surface area contributed by atoms with Crippen molar-refractivity contribution in [3.8, 4) is 5.75 Å². The van der Waals surface area contributed by atoms with Crippen LogP contribution in [0.15, 0.2) is 78.9 Å². The van der Waals surface area contributed by atoms with Crippen molar-refractivity contribution in [2.75, 3.05) is 0 Å². The fraction of sp³-hybridized carbons (Fsp3) is 0.185. The lowest BCUT2D eigenvalue weighted by atomic mass is 9.80. The zero-order valence-corrected chi connectivity index (χ0v) is 17.4. The van der Waals surface area contributed by atoms with Crippen LogP contribution in [0.3, 0.4) is 0 Å². The van der Waals surface area contributed by atoms with Gasteiger partial charge in [0, 0.05) is 21.9 Å². The number of aryl methyl sites for hydroxylation is 2. The molecule has 144 valence electrons. The van der Waals surface area contributed by atoms with Crippen molar-refractivity contribution in [2.45, 2.75) is 32.3 Å². The highest BCUT2D eigenvalue weighted by Crippen LogP contribution is 2.49. The summed E-state index contributed by atoms with van der Waals surface area (Å²) in [6.45, 7) is 4.29. The number of halogens is 1. The molecule has 0 saturated heterocycles. The maximum atomic E-state index is 6.67. The fourth-order valence-electron chi connectivity index (χ4n) is 4.49. The second-order valence-electron chi connectivity index (χ2n) is 8.02. The Labute approximate surface area is 176 Å². The minimum atomic E-state index is 0.0122. The first kappa shape index (κ1) is 18.3. The molecule has 0 fully saturated rings. The van der Waals surface area contributed by atoms with E-state index in [1.54, 1.807) is 0 Å². The average molecular weight is 399 g/mol.